The topological polar surface area (TPSA) is 96.0 Å². The van der Waals surface area contributed by atoms with Crippen molar-refractivity contribution in [3.05, 3.63) is 77.3 Å². The van der Waals surface area contributed by atoms with Crippen molar-refractivity contribution in [2.24, 2.45) is 0 Å². The van der Waals surface area contributed by atoms with E-state index in [-0.39, 0.29) is 6.79 Å². The Kier molecular flexibility index (Phi) is 8.79. The number of ether oxygens (including phenoxy) is 4. The van der Waals surface area contributed by atoms with Crippen molar-refractivity contribution in [3.8, 4) is 11.5 Å². The van der Waals surface area contributed by atoms with E-state index in [0.29, 0.717) is 28.8 Å². The number of nitrogens with one attached hydrogen (secondary N) is 1. The molecule has 166 valence electrons. The van der Waals surface area contributed by atoms with Gasteiger partial charge in [0.2, 0.25) is 0 Å². The first kappa shape index (κ1) is 23.0. The summed E-state index contributed by atoms with van der Waals surface area (Å²) in [5.74, 6) is -0.0921. The molecular formula is C23H22N2O6S. The standard InChI is InChI=1S/C23H22N2O6S/c1-28-16-31-20-13-17(7-9-19(20)29-14-18-5-3-2-4-6-18)8-10-22(27)30-15-21(26)25-23-24-11-12-32-23/h2-13H,14-16H2,1H3,(H,24,25,26)/b10-8+. The normalized spacial score (nSPS) is 10.7. The SMILES string of the molecule is COCOc1cc(/C=C/C(=O)OCC(=O)Nc2nccs2)ccc1OCc1ccccc1. The van der Waals surface area contributed by atoms with Gasteiger partial charge in [-0.05, 0) is 29.3 Å². The van der Waals surface area contributed by atoms with E-state index < -0.39 is 18.5 Å². The van der Waals surface area contributed by atoms with Crippen LogP contribution in [-0.2, 0) is 25.7 Å². The summed E-state index contributed by atoms with van der Waals surface area (Å²) in [5.41, 5.74) is 1.71. The maximum atomic E-state index is 11.9. The fourth-order valence-electron chi connectivity index (χ4n) is 2.51. The number of benzene rings is 2. The number of hydrogen-bond donors (Lipinski definition) is 1. The maximum Gasteiger partial charge on any atom is 0.331 e. The summed E-state index contributed by atoms with van der Waals surface area (Å²) in [4.78, 5) is 27.6. The molecule has 0 spiro atoms. The van der Waals surface area contributed by atoms with Gasteiger partial charge < -0.3 is 18.9 Å². The van der Waals surface area contributed by atoms with Crippen molar-refractivity contribution in [2.75, 3.05) is 25.8 Å². The van der Waals surface area contributed by atoms with Crippen molar-refractivity contribution < 1.29 is 28.5 Å². The predicted molar refractivity (Wildman–Crippen MR) is 120 cm³/mol. The Bertz CT molecular complexity index is 1040. The lowest BCUT2D eigenvalue weighted by Crippen LogP contribution is -2.19. The molecule has 0 saturated heterocycles. The molecule has 0 bridgehead atoms. The zero-order chi connectivity index (χ0) is 22.6. The van der Waals surface area contributed by atoms with Crippen LogP contribution in [0.25, 0.3) is 6.08 Å². The lowest BCUT2D eigenvalue weighted by molar-refractivity contribution is -0.142. The molecule has 32 heavy (non-hydrogen) atoms. The summed E-state index contributed by atoms with van der Waals surface area (Å²) in [7, 11) is 1.52. The molecule has 0 saturated carbocycles. The van der Waals surface area contributed by atoms with Gasteiger partial charge in [-0.15, -0.1) is 11.3 Å². The highest BCUT2D eigenvalue weighted by Crippen LogP contribution is 2.30. The zero-order valence-corrected chi connectivity index (χ0v) is 18.2. The monoisotopic (exact) mass is 454 g/mol. The molecule has 0 aliphatic heterocycles. The van der Waals surface area contributed by atoms with Gasteiger partial charge in [-0.2, -0.15) is 0 Å². The van der Waals surface area contributed by atoms with Crippen LogP contribution in [0.3, 0.4) is 0 Å². The zero-order valence-electron chi connectivity index (χ0n) is 17.4. The first-order valence-corrected chi connectivity index (χ1v) is 10.5. The average molecular weight is 455 g/mol. The summed E-state index contributed by atoms with van der Waals surface area (Å²) in [6, 6.07) is 15.0. The van der Waals surface area contributed by atoms with Gasteiger partial charge in [0.15, 0.2) is 30.0 Å². The number of carbonyl (C=O) groups is 2. The molecule has 3 aromatic rings. The number of hydrogen-bond acceptors (Lipinski definition) is 8. The van der Waals surface area contributed by atoms with E-state index in [0.717, 1.165) is 5.56 Å². The Balaban J connectivity index is 1.56. The lowest BCUT2D eigenvalue weighted by atomic mass is 10.2. The highest BCUT2D eigenvalue weighted by molar-refractivity contribution is 7.13. The second-order valence-electron chi connectivity index (χ2n) is 6.36. The number of esters is 1. The maximum absolute atomic E-state index is 11.9. The van der Waals surface area contributed by atoms with Gasteiger partial charge in [0, 0.05) is 24.8 Å². The predicted octanol–water partition coefficient (Wildman–Crippen LogP) is 3.90. The molecule has 8 nitrogen and oxygen atoms in total. The highest BCUT2D eigenvalue weighted by Gasteiger charge is 2.09. The Morgan fingerprint density at radius 2 is 1.94 bits per heavy atom. The fraction of sp³-hybridized carbons (Fsp3) is 0.174. The van der Waals surface area contributed by atoms with Crippen LogP contribution in [0.1, 0.15) is 11.1 Å². The van der Waals surface area contributed by atoms with Gasteiger partial charge in [0.1, 0.15) is 6.61 Å². The van der Waals surface area contributed by atoms with Crippen LogP contribution >= 0.6 is 11.3 Å². The van der Waals surface area contributed by atoms with Crippen molar-refractivity contribution in [1.29, 1.82) is 0 Å². The molecule has 0 atom stereocenters. The number of amides is 1. The minimum absolute atomic E-state index is 0.0467. The summed E-state index contributed by atoms with van der Waals surface area (Å²) in [6.07, 6.45) is 4.36. The van der Waals surface area contributed by atoms with Crippen LogP contribution in [0.2, 0.25) is 0 Å². The highest BCUT2D eigenvalue weighted by atomic mass is 32.1. The Labute approximate surface area is 189 Å². The second kappa shape index (κ2) is 12.2. The second-order valence-corrected chi connectivity index (χ2v) is 7.25. The van der Waals surface area contributed by atoms with Crippen LogP contribution in [0, 0.1) is 0 Å². The van der Waals surface area contributed by atoms with Crippen molar-refractivity contribution in [3.63, 3.8) is 0 Å². The van der Waals surface area contributed by atoms with Crippen LogP contribution in [0.4, 0.5) is 5.13 Å². The van der Waals surface area contributed by atoms with Crippen molar-refractivity contribution >= 4 is 34.4 Å². The Hall–Kier alpha value is -3.69. The van der Waals surface area contributed by atoms with E-state index in [1.807, 2.05) is 30.3 Å². The first-order chi connectivity index (χ1) is 15.6. The quantitative estimate of drug-likeness (QED) is 0.267. The first-order valence-electron chi connectivity index (χ1n) is 9.61. The fourth-order valence-corrected chi connectivity index (χ4v) is 3.05. The van der Waals surface area contributed by atoms with E-state index in [2.05, 4.69) is 10.3 Å². The van der Waals surface area contributed by atoms with Crippen LogP contribution < -0.4 is 14.8 Å². The number of thiazole rings is 1. The molecule has 9 heteroatoms. The third-order valence-corrected chi connectivity index (χ3v) is 4.66. The Morgan fingerprint density at radius 3 is 2.69 bits per heavy atom. The molecule has 3 rings (SSSR count). The smallest absolute Gasteiger partial charge is 0.331 e. The minimum Gasteiger partial charge on any atom is -0.485 e. The molecule has 0 fully saturated rings. The van der Waals surface area contributed by atoms with Crippen LogP contribution in [-0.4, -0.2) is 37.4 Å². The number of anilines is 1. The number of aromatic nitrogens is 1. The van der Waals surface area contributed by atoms with E-state index in [4.69, 9.17) is 18.9 Å². The van der Waals surface area contributed by atoms with Crippen molar-refractivity contribution in [1.82, 2.24) is 4.98 Å². The van der Waals surface area contributed by atoms with Gasteiger partial charge in [0.25, 0.3) is 5.91 Å². The molecular weight excluding hydrogens is 432 g/mol. The van der Waals surface area contributed by atoms with E-state index in [1.54, 1.807) is 35.9 Å². The molecule has 2 aromatic carbocycles. The molecule has 0 aliphatic rings. The summed E-state index contributed by atoms with van der Waals surface area (Å²) in [6.45, 7) is 0.0249. The summed E-state index contributed by atoms with van der Waals surface area (Å²) in [5, 5.41) is 4.71. The van der Waals surface area contributed by atoms with E-state index in [1.165, 1.54) is 24.5 Å². The summed E-state index contributed by atoms with van der Waals surface area (Å²) < 4.78 is 21.4. The van der Waals surface area contributed by atoms with Crippen LogP contribution in [0.5, 0.6) is 11.5 Å². The van der Waals surface area contributed by atoms with Crippen LogP contribution in [0.15, 0.2) is 66.2 Å². The number of rotatable bonds is 11. The van der Waals surface area contributed by atoms with Gasteiger partial charge >= 0.3 is 5.97 Å². The van der Waals surface area contributed by atoms with Gasteiger partial charge in [0.05, 0.1) is 0 Å². The lowest BCUT2D eigenvalue weighted by Gasteiger charge is -2.13. The average Bonchev–Trinajstić information content (AvgIpc) is 3.33. The molecule has 0 radical (unpaired) electrons. The van der Waals surface area contributed by atoms with E-state index >= 15 is 0 Å². The van der Waals surface area contributed by atoms with Gasteiger partial charge in [-0.25, -0.2) is 9.78 Å². The summed E-state index contributed by atoms with van der Waals surface area (Å²) >= 11 is 1.27. The van der Waals surface area contributed by atoms with Gasteiger partial charge in [-0.3, -0.25) is 10.1 Å². The third kappa shape index (κ3) is 7.53. The molecule has 0 unspecified atom stereocenters. The molecule has 1 aromatic heterocycles. The molecule has 1 amide bonds. The van der Waals surface area contributed by atoms with Crippen molar-refractivity contribution in [2.45, 2.75) is 6.61 Å². The molecule has 0 aliphatic carbocycles. The third-order valence-electron chi connectivity index (χ3n) is 3.97. The minimum atomic E-state index is -0.650. The molecule has 1 heterocycles. The number of methoxy groups -OCH3 is 1. The largest absolute Gasteiger partial charge is 0.485 e. The number of nitrogens with zero attached hydrogens (tertiary/aromatic N) is 1. The Morgan fingerprint density at radius 1 is 1.09 bits per heavy atom. The number of carbonyl (C=O) groups excluding carboxylic acids is 2. The molecule has 1 N–H and O–H groups in total. The van der Waals surface area contributed by atoms with Gasteiger partial charge in [-0.1, -0.05) is 36.4 Å². The van der Waals surface area contributed by atoms with E-state index in [9.17, 15) is 9.59 Å².